The van der Waals surface area contributed by atoms with E-state index in [-0.39, 0.29) is 5.91 Å². The summed E-state index contributed by atoms with van der Waals surface area (Å²) < 4.78 is 5.62. The number of rotatable bonds is 6. The molecule has 0 aromatic heterocycles. The lowest BCUT2D eigenvalue weighted by Gasteiger charge is -2.14. The molecule has 23 heavy (non-hydrogen) atoms. The molecule has 1 N–H and O–H groups in total. The molecule has 0 spiro atoms. The van der Waals surface area contributed by atoms with Crippen molar-refractivity contribution < 1.29 is 9.53 Å². The molecular formula is C19H20ClNO2. The van der Waals surface area contributed by atoms with Crippen LogP contribution in [0.5, 0.6) is 5.75 Å². The Hall–Kier alpha value is -2.00. The topological polar surface area (TPSA) is 38.3 Å². The molecule has 1 amide bonds. The zero-order valence-corrected chi connectivity index (χ0v) is 13.8. The van der Waals surface area contributed by atoms with Gasteiger partial charge in [-0.3, -0.25) is 4.79 Å². The quantitative estimate of drug-likeness (QED) is 0.869. The minimum atomic E-state index is -0.523. The molecule has 1 fully saturated rings. The molecule has 120 valence electrons. The van der Waals surface area contributed by atoms with E-state index in [4.69, 9.17) is 16.3 Å². The molecule has 0 saturated heterocycles. The molecule has 1 aliphatic carbocycles. The van der Waals surface area contributed by atoms with Gasteiger partial charge < -0.3 is 10.1 Å². The van der Waals surface area contributed by atoms with Gasteiger partial charge in [0.15, 0.2) is 6.10 Å². The fraction of sp³-hybridized carbons (Fsp3) is 0.316. The predicted octanol–water partition coefficient (Wildman–Crippen LogP) is 4.03. The van der Waals surface area contributed by atoms with Crippen molar-refractivity contribution in [3.05, 3.63) is 65.2 Å². The Bertz CT molecular complexity index is 657. The Kier molecular flexibility index (Phi) is 4.87. The number of benzene rings is 2. The van der Waals surface area contributed by atoms with Gasteiger partial charge in [0.1, 0.15) is 5.75 Å². The second-order valence-electron chi connectivity index (χ2n) is 5.97. The van der Waals surface area contributed by atoms with Crippen LogP contribution in [-0.4, -0.2) is 18.6 Å². The van der Waals surface area contributed by atoms with Gasteiger partial charge in [0.05, 0.1) is 0 Å². The summed E-state index contributed by atoms with van der Waals surface area (Å²) >= 11 is 5.83. The molecule has 4 heteroatoms. The molecule has 2 aromatic carbocycles. The summed E-state index contributed by atoms with van der Waals surface area (Å²) in [5.74, 6) is 1.66. The van der Waals surface area contributed by atoms with Crippen LogP contribution in [0.25, 0.3) is 0 Å². The summed E-state index contributed by atoms with van der Waals surface area (Å²) in [5.41, 5.74) is 1.36. The molecule has 2 aromatic rings. The first kappa shape index (κ1) is 15.9. The van der Waals surface area contributed by atoms with Crippen LogP contribution in [0, 0.1) is 5.92 Å². The summed E-state index contributed by atoms with van der Waals surface area (Å²) in [4.78, 5) is 12.1. The lowest BCUT2D eigenvalue weighted by Crippen LogP contribution is -2.37. The van der Waals surface area contributed by atoms with Crippen LogP contribution >= 0.6 is 11.6 Å². The van der Waals surface area contributed by atoms with Crippen LogP contribution in [0.4, 0.5) is 0 Å². The van der Waals surface area contributed by atoms with Gasteiger partial charge in [-0.15, -0.1) is 0 Å². The van der Waals surface area contributed by atoms with E-state index in [1.165, 1.54) is 5.56 Å². The summed E-state index contributed by atoms with van der Waals surface area (Å²) in [6.45, 7) is 2.46. The van der Waals surface area contributed by atoms with E-state index in [9.17, 15) is 4.79 Å². The van der Waals surface area contributed by atoms with Crippen molar-refractivity contribution in [1.82, 2.24) is 5.32 Å². The van der Waals surface area contributed by atoms with Crippen molar-refractivity contribution in [2.75, 3.05) is 6.54 Å². The molecule has 3 unspecified atom stereocenters. The van der Waals surface area contributed by atoms with Gasteiger partial charge in [-0.25, -0.2) is 0 Å². The maximum absolute atomic E-state index is 12.1. The molecule has 0 aliphatic heterocycles. The third kappa shape index (κ3) is 4.26. The summed E-state index contributed by atoms with van der Waals surface area (Å²) in [7, 11) is 0. The van der Waals surface area contributed by atoms with Crippen molar-refractivity contribution in [2.45, 2.75) is 25.4 Å². The van der Waals surface area contributed by atoms with Crippen LogP contribution in [0.15, 0.2) is 54.6 Å². The molecule has 3 rings (SSSR count). The van der Waals surface area contributed by atoms with E-state index in [0.717, 1.165) is 6.42 Å². The molecule has 0 bridgehead atoms. The van der Waals surface area contributed by atoms with Crippen molar-refractivity contribution in [1.29, 1.82) is 0 Å². The van der Waals surface area contributed by atoms with Crippen LogP contribution in [0.3, 0.4) is 0 Å². The number of halogens is 1. The first-order valence-electron chi connectivity index (χ1n) is 7.88. The third-order valence-corrected chi connectivity index (χ3v) is 4.44. The zero-order chi connectivity index (χ0) is 16.2. The molecule has 3 atom stereocenters. The summed E-state index contributed by atoms with van der Waals surface area (Å²) in [6, 6.07) is 17.5. The lowest BCUT2D eigenvalue weighted by molar-refractivity contribution is -0.127. The zero-order valence-electron chi connectivity index (χ0n) is 13.0. The van der Waals surface area contributed by atoms with Crippen molar-refractivity contribution in [3.63, 3.8) is 0 Å². The van der Waals surface area contributed by atoms with Gasteiger partial charge in [0.25, 0.3) is 5.91 Å². The van der Waals surface area contributed by atoms with Gasteiger partial charge in [-0.05, 0) is 55.0 Å². The maximum atomic E-state index is 12.1. The van der Waals surface area contributed by atoms with Crippen molar-refractivity contribution in [2.24, 2.45) is 5.92 Å². The Morgan fingerprint density at radius 3 is 2.61 bits per heavy atom. The number of carbonyl (C=O) groups is 1. The molecule has 1 aliphatic rings. The molecule has 3 nitrogen and oxygen atoms in total. The van der Waals surface area contributed by atoms with Crippen molar-refractivity contribution in [3.8, 4) is 5.75 Å². The third-order valence-electron chi connectivity index (χ3n) is 4.18. The fourth-order valence-electron chi connectivity index (χ4n) is 2.73. The largest absolute Gasteiger partial charge is 0.481 e. The second kappa shape index (κ2) is 7.05. The average molecular weight is 330 g/mol. The number of nitrogens with one attached hydrogen (secondary N) is 1. The molecule has 1 saturated carbocycles. The normalized spacial score (nSPS) is 20.6. The number of hydrogen-bond acceptors (Lipinski definition) is 2. The van der Waals surface area contributed by atoms with E-state index >= 15 is 0 Å². The Morgan fingerprint density at radius 2 is 1.91 bits per heavy atom. The molecule has 0 radical (unpaired) electrons. The van der Waals surface area contributed by atoms with Gasteiger partial charge in [0.2, 0.25) is 0 Å². The standard InChI is InChI=1S/C19H20ClNO2/c1-13(23-17-9-7-16(20)8-10-17)19(22)21-12-15-11-18(15)14-5-3-2-4-6-14/h2-10,13,15,18H,11-12H2,1H3,(H,21,22). The van der Waals surface area contributed by atoms with Crippen molar-refractivity contribution >= 4 is 17.5 Å². The molecule has 0 heterocycles. The van der Waals surface area contributed by atoms with Gasteiger partial charge >= 0.3 is 0 Å². The van der Waals surface area contributed by atoms with E-state index in [1.54, 1.807) is 31.2 Å². The minimum absolute atomic E-state index is 0.0846. The minimum Gasteiger partial charge on any atom is -0.481 e. The van der Waals surface area contributed by atoms with E-state index in [2.05, 4.69) is 29.6 Å². The van der Waals surface area contributed by atoms with Gasteiger partial charge in [0, 0.05) is 11.6 Å². The highest BCUT2D eigenvalue weighted by atomic mass is 35.5. The highest BCUT2D eigenvalue weighted by Gasteiger charge is 2.38. The second-order valence-corrected chi connectivity index (χ2v) is 6.41. The smallest absolute Gasteiger partial charge is 0.260 e. The fourth-order valence-corrected chi connectivity index (χ4v) is 2.85. The maximum Gasteiger partial charge on any atom is 0.260 e. The van der Waals surface area contributed by atoms with Crippen LogP contribution in [-0.2, 0) is 4.79 Å². The Balaban J connectivity index is 1.44. The number of hydrogen-bond donors (Lipinski definition) is 1. The molecular weight excluding hydrogens is 310 g/mol. The summed E-state index contributed by atoms with van der Waals surface area (Å²) in [5, 5.41) is 3.63. The van der Waals surface area contributed by atoms with Gasteiger partial charge in [-0.2, -0.15) is 0 Å². The lowest BCUT2D eigenvalue weighted by atomic mass is 10.1. The van der Waals surface area contributed by atoms with E-state index < -0.39 is 6.10 Å². The first-order valence-corrected chi connectivity index (χ1v) is 8.26. The van der Waals surface area contributed by atoms with Crippen LogP contribution < -0.4 is 10.1 Å². The Labute approximate surface area is 141 Å². The van der Waals surface area contributed by atoms with Gasteiger partial charge in [-0.1, -0.05) is 41.9 Å². The number of carbonyl (C=O) groups excluding carboxylic acids is 1. The number of ether oxygens (including phenoxy) is 1. The van der Waals surface area contributed by atoms with Crippen LogP contribution in [0.1, 0.15) is 24.8 Å². The summed E-state index contributed by atoms with van der Waals surface area (Å²) in [6.07, 6.45) is 0.613. The van der Waals surface area contributed by atoms with Crippen LogP contribution in [0.2, 0.25) is 5.02 Å². The Morgan fingerprint density at radius 1 is 1.22 bits per heavy atom. The van der Waals surface area contributed by atoms with E-state index in [1.807, 2.05) is 6.07 Å². The predicted molar refractivity (Wildman–Crippen MR) is 91.8 cm³/mol. The van der Waals surface area contributed by atoms with E-state index in [0.29, 0.717) is 29.2 Å². The number of amides is 1. The first-order chi connectivity index (χ1) is 11.1. The SMILES string of the molecule is CC(Oc1ccc(Cl)cc1)C(=O)NCC1CC1c1ccccc1. The monoisotopic (exact) mass is 329 g/mol. The average Bonchev–Trinajstić information content (AvgIpc) is 3.35. The highest BCUT2D eigenvalue weighted by Crippen LogP contribution is 2.46. The highest BCUT2D eigenvalue weighted by molar-refractivity contribution is 6.30.